The van der Waals surface area contributed by atoms with Gasteiger partial charge in [-0.05, 0) is 37.8 Å². The summed E-state index contributed by atoms with van der Waals surface area (Å²) in [6.07, 6.45) is 4.82. The number of rotatable bonds is 9. The minimum atomic E-state index is -0.293. The zero-order chi connectivity index (χ0) is 23.9. The van der Waals surface area contributed by atoms with Crippen molar-refractivity contribution in [3.63, 3.8) is 0 Å². The van der Waals surface area contributed by atoms with Crippen LogP contribution < -0.4 is 15.5 Å². The number of carbonyl (C=O) groups excluding carboxylic acids is 3. The standard InChI is InChI=1S/C26H39N5O3/c1-2-3-7-13-31-25(33)22-11-10-20(19-23(22)28-26(31)34)24(32)27-12-14-29-15-17-30(18-16-29)21-8-5-4-6-9-21/h4-6,8-9,20,22-23H,2-3,7,10-19H2,1H3,(H,27,32)(H,28,34). The average molecular weight is 470 g/mol. The van der Waals surface area contributed by atoms with Gasteiger partial charge in [-0.3, -0.25) is 19.4 Å². The van der Waals surface area contributed by atoms with E-state index in [2.05, 4.69) is 51.6 Å². The smallest absolute Gasteiger partial charge is 0.324 e. The number of hydrogen-bond donors (Lipinski definition) is 2. The summed E-state index contributed by atoms with van der Waals surface area (Å²) >= 11 is 0. The topological polar surface area (TPSA) is 85.0 Å². The van der Waals surface area contributed by atoms with E-state index in [1.165, 1.54) is 10.6 Å². The van der Waals surface area contributed by atoms with Crippen LogP contribution in [0.1, 0.15) is 45.4 Å². The lowest BCUT2D eigenvalue weighted by Crippen LogP contribution is -2.62. The zero-order valence-electron chi connectivity index (χ0n) is 20.4. The molecular formula is C26H39N5O3. The molecule has 1 aromatic carbocycles. The normalized spacial score (nSPS) is 25.6. The van der Waals surface area contributed by atoms with Gasteiger partial charge in [0, 0.05) is 63.5 Å². The molecule has 4 amide bonds. The van der Waals surface area contributed by atoms with Crippen LogP contribution in [-0.2, 0) is 9.59 Å². The number of anilines is 1. The highest BCUT2D eigenvalue weighted by atomic mass is 16.2. The third kappa shape index (κ3) is 5.90. The molecule has 4 rings (SSSR count). The van der Waals surface area contributed by atoms with Crippen molar-refractivity contribution in [3.8, 4) is 0 Å². The van der Waals surface area contributed by atoms with Crippen LogP contribution in [0.4, 0.5) is 10.5 Å². The van der Waals surface area contributed by atoms with E-state index >= 15 is 0 Å². The molecule has 2 saturated heterocycles. The largest absolute Gasteiger partial charge is 0.369 e. The summed E-state index contributed by atoms with van der Waals surface area (Å²) in [4.78, 5) is 44.3. The molecule has 186 valence electrons. The molecule has 3 unspecified atom stereocenters. The van der Waals surface area contributed by atoms with Crippen molar-refractivity contribution in [3.05, 3.63) is 30.3 Å². The van der Waals surface area contributed by atoms with Gasteiger partial charge in [-0.2, -0.15) is 0 Å². The number of imide groups is 1. The summed E-state index contributed by atoms with van der Waals surface area (Å²) in [6.45, 7) is 8.03. The Morgan fingerprint density at radius 1 is 1.03 bits per heavy atom. The van der Waals surface area contributed by atoms with Gasteiger partial charge >= 0.3 is 6.03 Å². The lowest BCUT2D eigenvalue weighted by Gasteiger charge is -2.42. The Hall–Kier alpha value is -2.61. The fourth-order valence-electron chi connectivity index (χ4n) is 5.48. The van der Waals surface area contributed by atoms with Crippen LogP contribution in [0.3, 0.4) is 0 Å². The summed E-state index contributed by atoms with van der Waals surface area (Å²) in [7, 11) is 0. The second-order valence-corrected chi connectivity index (χ2v) is 9.82. The zero-order valence-corrected chi connectivity index (χ0v) is 20.4. The number of amides is 4. The number of benzene rings is 1. The van der Waals surface area contributed by atoms with Gasteiger partial charge in [-0.1, -0.05) is 38.0 Å². The first-order chi connectivity index (χ1) is 16.6. The van der Waals surface area contributed by atoms with Crippen LogP contribution in [0.15, 0.2) is 30.3 Å². The Bertz CT molecular complexity index is 840. The van der Waals surface area contributed by atoms with Gasteiger partial charge in [0.25, 0.3) is 0 Å². The van der Waals surface area contributed by atoms with Crippen molar-refractivity contribution >= 4 is 23.5 Å². The van der Waals surface area contributed by atoms with E-state index in [1.807, 2.05) is 6.07 Å². The van der Waals surface area contributed by atoms with Crippen molar-refractivity contribution in [1.82, 2.24) is 20.4 Å². The van der Waals surface area contributed by atoms with Gasteiger partial charge in [0.05, 0.1) is 5.92 Å². The molecular weight excluding hydrogens is 430 g/mol. The summed E-state index contributed by atoms with van der Waals surface area (Å²) in [5.74, 6) is -0.341. The third-order valence-electron chi connectivity index (χ3n) is 7.56. The number of carbonyl (C=O) groups is 3. The summed E-state index contributed by atoms with van der Waals surface area (Å²) in [5.41, 5.74) is 1.27. The second-order valence-electron chi connectivity index (χ2n) is 9.82. The minimum Gasteiger partial charge on any atom is -0.369 e. The number of hydrogen-bond acceptors (Lipinski definition) is 5. The Labute approximate surface area is 203 Å². The molecule has 2 heterocycles. The molecule has 3 aliphatic rings. The van der Waals surface area contributed by atoms with Crippen molar-refractivity contribution in [2.45, 2.75) is 51.5 Å². The molecule has 3 fully saturated rings. The highest BCUT2D eigenvalue weighted by molar-refractivity contribution is 5.99. The van der Waals surface area contributed by atoms with E-state index in [4.69, 9.17) is 0 Å². The molecule has 0 radical (unpaired) electrons. The fraction of sp³-hybridized carbons (Fsp3) is 0.654. The lowest BCUT2D eigenvalue weighted by atomic mass is 9.76. The summed E-state index contributed by atoms with van der Waals surface area (Å²) < 4.78 is 0. The quantitative estimate of drug-likeness (QED) is 0.543. The predicted molar refractivity (Wildman–Crippen MR) is 132 cm³/mol. The first kappa shape index (κ1) is 24.5. The second kappa shape index (κ2) is 11.7. The first-order valence-corrected chi connectivity index (χ1v) is 13.0. The highest BCUT2D eigenvalue weighted by Gasteiger charge is 2.45. The van der Waals surface area contributed by atoms with Gasteiger partial charge < -0.3 is 15.5 Å². The molecule has 1 aliphatic carbocycles. The first-order valence-electron chi connectivity index (χ1n) is 13.0. The molecule has 8 heteroatoms. The Morgan fingerprint density at radius 2 is 1.79 bits per heavy atom. The minimum absolute atomic E-state index is 0.0495. The molecule has 0 bridgehead atoms. The summed E-state index contributed by atoms with van der Waals surface area (Å²) in [6, 6.07) is 9.97. The number of fused-ring (bicyclic) bond motifs is 1. The van der Waals surface area contributed by atoms with Crippen LogP contribution in [0.25, 0.3) is 0 Å². The molecule has 8 nitrogen and oxygen atoms in total. The molecule has 1 saturated carbocycles. The fourth-order valence-corrected chi connectivity index (χ4v) is 5.48. The maximum atomic E-state index is 12.9. The van der Waals surface area contributed by atoms with Gasteiger partial charge in [-0.25, -0.2) is 4.79 Å². The molecule has 1 aromatic rings. The lowest BCUT2D eigenvalue weighted by molar-refractivity contribution is -0.139. The SMILES string of the molecule is CCCCCN1C(=O)NC2CC(C(=O)NCCN3CCN(c4ccccc4)CC3)CCC2C1=O. The summed E-state index contributed by atoms with van der Waals surface area (Å²) in [5, 5.41) is 6.11. The maximum Gasteiger partial charge on any atom is 0.324 e. The number of piperazine rings is 1. The van der Waals surface area contributed by atoms with Crippen LogP contribution in [0.2, 0.25) is 0 Å². The number of urea groups is 1. The van der Waals surface area contributed by atoms with Crippen molar-refractivity contribution in [2.75, 3.05) is 50.7 Å². The van der Waals surface area contributed by atoms with E-state index in [1.54, 1.807) is 0 Å². The number of nitrogens with one attached hydrogen (secondary N) is 2. The van der Waals surface area contributed by atoms with Gasteiger partial charge in [0.2, 0.25) is 11.8 Å². The number of para-hydroxylation sites is 1. The van der Waals surface area contributed by atoms with Crippen LogP contribution >= 0.6 is 0 Å². The Kier molecular flexibility index (Phi) is 8.43. The van der Waals surface area contributed by atoms with Crippen LogP contribution in [-0.4, -0.2) is 79.5 Å². The Balaban J connectivity index is 1.17. The Morgan fingerprint density at radius 3 is 2.53 bits per heavy atom. The predicted octanol–water partition coefficient (Wildman–Crippen LogP) is 2.45. The van der Waals surface area contributed by atoms with Crippen LogP contribution in [0, 0.1) is 11.8 Å². The van der Waals surface area contributed by atoms with Gasteiger partial charge in [0.1, 0.15) is 0 Å². The maximum absolute atomic E-state index is 12.9. The number of nitrogens with zero attached hydrogens (tertiary/aromatic N) is 3. The van der Waals surface area contributed by atoms with E-state index in [0.29, 0.717) is 32.4 Å². The molecule has 0 aromatic heterocycles. The van der Waals surface area contributed by atoms with E-state index in [9.17, 15) is 14.4 Å². The monoisotopic (exact) mass is 469 g/mol. The number of unbranched alkanes of at least 4 members (excludes halogenated alkanes) is 2. The molecule has 3 atom stereocenters. The molecule has 0 spiro atoms. The van der Waals surface area contributed by atoms with E-state index in [0.717, 1.165) is 52.0 Å². The van der Waals surface area contributed by atoms with Gasteiger partial charge in [0.15, 0.2) is 0 Å². The average Bonchev–Trinajstić information content (AvgIpc) is 2.86. The van der Waals surface area contributed by atoms with E-state index < -0.39 is 0 Å². The van der Waals surface area contributed by atoms with Crippen molar-refractivity contribution in [1.29, 1.82) is 0 Å². The third-order valence-corrected chi connectivity index (χ3v) is 7.56. The molecule has 34 heavy (non-hydrogen) atoms. The van der Waals surface area contributed by atoms with E-state index in [-0.39, 0.29) is 35.7 Å². The van der Waals surface area contributed by atoms with Crippen molar-refractivity contribution in [2.24, 2.45) is 11.8 Å². The van der Waals surface area contributed by atoms with Gasteiger partial charge in [-0.15, -0.1) is 0 Å². The molecule has 2 N–H and O–H groups in total. The molecule has 2 aliphatic heterocycles. The highest BCUT2D eigenvalue weighted by Crippen LogP contribution is 2.33. The van der Waals surface area contributed by atoms with Crippen LogP contribution in [0.5, 0.6) is 0 Å². The van der Waals surface area contributed by atoms with Crippen molar-refractivity contribution < 1.29 is 14.4 Å².